The van der Waals surface area contributed by atoms with Crippen LogP contribution in [0.1, 0.15) is 5.56 Å². The van der Waals surface area contributed by atoms with Crippen molar-refractivity contribution in [3.05, 3.63) is 36.2 Å². The second-order valence-corrected chi connectivity index (χ2v) is 3.65. The molecule has 2 N–H and O–H groups in total. The van der Waals surface area contributed by atoms with E-state index in [2.05, 4.69) is 5.10 Å². The zero-order valence-electron chi connectivity index (χ0n) is 9.88. The van der Waals surface area contributed by atoms with E-state index in [1.54, 1.807) is 31.3 Å². The van der Waals surface area contributed by atoms with Gasteiger partial charge in [0, 0.05) is 17.8 Å². The van der Waals surface area contributed by atoms with E-state index in [1.807, 2.05) is 18.2 Å². The number of rotatable bonds is 4. The number of nitrogens with two attached hydrogens (primary N) is 1. The summed E-state index contributed by atoms with van der Waals surface area (Å²) >= 11 is 0. The number of hydrogen-bond acceptors (Lipinski definition) is 4. The lowest BCUT2D eigenvalue weighted by Crippen LogP contribution is -2.02. The second-order valence-electron chi connectivity index (χ2n) is 3.65. The highest BCUT2D eigenvalue weighted by Crippen LogP contribution is 2.25. The molecule has 2 aromatic rings. The Kier molecular flexibility index (Phi) is 3.18. The molecule has 0 spiro atoms. The van der Waals surface area contributed by atoms with Gasteiger partial charge in [0.25, 0.3) is 0 Å². The molecule has 0 fully saturated rings. The summed E-state index contributed by atoms with van der Waals surface area (Å²) in [5, 5.41) is 4.13. The van der Waals surface area contributed by atoms with Crippen molar-refractivity contribution in [3.8, 4) is 11.5 Å². The fourth-order valence-corrected chi connectivity index (χ4v) is 1.62. The van der Waals surface area contributed by atoms with Crippen molar-refractivity contribution in [2.24, 2.45) is 0 Å². The first kappa shape index (κ1) is 11.3. The number of anilines is 1. The number of hydrogen-bond donors (Lipinski definition) is 1. The zero-order valence-corrected chi connectivity index (χ0v) is 9.88. The van der Waals surface area contributed by atoms with Gasteiger partial charge in [0.2, 0.25) is 0 Å². The molecule has 1 aromatic heterocycles. The Morgan fingerprint density at radius 3 is 2.71 bits per heavy atom. The van der Waals surface area contributed by atoms with Gasteiger partial charge in [-0.25, -0.2) is 0 Å². The summed E-state index contributed by atoms with van der Waals surface area (Å²) < 4.78 is 12.2. The number of methoxy groups -OCH3 is 2. The lowest BCUT2D eigenvalue weighted by Gasteiger charge is -2.10. The Morgan fingerprint density at radius 1 is 1.29 bits per heavy atom. The first-order chi connectivity index (χ1) is 8.22. The van der Waals surface area contributed by atoms with E-state index >= 15 is 0 Å². The van der Waals surface area contributed by atoms with Gasteiger partial charge < -0.3 is 15.2 Å². The largest absolute Gasteiger partial charge is 0.497 e. The molecule has 0 unspecified atom stereocenters. The van der Waals surface area contributed by atoms with Gasteiger partial charge in [-0.1, -0.05) is 0 Å². The number of ether oxygens (including phenoxy) is 2. The van der Waals surface area contributed by atoms with Gasteiger partial charge in [0.15, 0.2) is 0 Å². The van der Waals surface area contributed by atoms with Gasteiger partial charge in [-0.3, -0.25) is 4.68 Å². The van der Waals surface area contributed by atoms with Crippen molar-refractivity contribution in [2.75, 3.05) is 20.0 Å². The third-order valence-corrected chi connectivity index (χ3v) is 2.48. The maximum atomic E-state index is 5.61. The third kappa shape index (κ3) is 2.50. The molecule has 0 aliphatic heterocycles. The van der Waals surface area contributed by atoms with E-state index in [0.29, 0.717) is 12.2 Å². The Balaban J connectivity index is 2.26. The van der Waals surface area contributed by atoms with Crippen LogP contribution in [0.25, 0.3) is 0 Å². The SMILES string of the molecule is COc1ccc(Cn2cc(N)cn2)c(OC)c1. The molecule has 0 aliphatic carbocycles. The molecule has 0 saturated heterocycles. The van der Waals surface area contributed by atoms with Crippen LogP contribution in [0.15, 0.2) is 30.6 Å². The third-order valence-electron chi connectivity index (χ3n) is 2.48. The van der Waals surface area contributed by atoms with Crippen LogP contribution in [0.3, 0.4) is 0 Å². The molecule has 17 heavy (non-hydrogen) atoms. The molecule has 0 saturated carbocycles. The summed E-state index contributed by atoms with van der Waals surface area (Å²) in [5.74, 6) is 1.55. The average Bonchev–Trinajstić information content (AvgIpc) is 2.75. The van der Waals surface area contributed by atoms with Gasteiger partial charge in [-0.2, -0.15) is 5.10 Å². The van der Waals surface area contributed by atoms with Crippen LogP contribution in [0.5, 0.6) is 11.5 Å². The van der Waals surface area contributed by atoms with E-state index in [1.165, 1.54) is 0 Å². The molecule has 1 aromatic carbocycles. The van der Waals surface area contributed by atoms with Crippen molar-refractivity contribution in [1.29, 1.82) is 0 Å². The summed E-state index contributed by atoms with van der Waals surface area (Å²) in [6, 6.07) is 5.70. The van der Waals surface area contributed by atoms with Gasteiger partial charge in [-0.05, 0) is 12.1 Å². The fourth-order valence-electron chi connectivity index (χ4n) is 1.62. The van der Waals surface area contributed by atoms with Crippen molar-refractivity contribution in [3.63, 3.8) is 0 Å². The molecule has 0 atom stereocenters. The molecular weight excluding hydrogens is 218 g/mol. The van der Waals surface area contributed by atoms with E-state index < -0.39 is 0 Å². The molecule has 90 valence electrons. The average molecular weight is 233 g/mol. The summed E-state index contributed by atoms with van der Waals surface area (Å²) in [6.45, 7) is 0.615. The minimum absolute atomic E-state index is 0.615. The highest BCUT2D eigenvalue weighted by molar-refractivity contribution is 5.41. The number of nitrogen functional groups attached to an aromatic ring is 1. The maximum absolute atomic E-state index is 5.61. The lowest BCUT2D eigenvalue weighted by molar-refractivity contribution is 0.389. The molecule has 0 amide bonds. The number of nitrogens with zero attached hydrogens (tertiary/aromatic N) is 2. The van der Waals surface area contributed by atoms with Gasteiger partial charge >= 0.3 is 0 Å². The van der Waals surface area contributed by atoms with Crippen LogP contribution in [0.2, 0.25) is 0 Å². The molecule has 0 bridgehead atoms. The van der Waals surface area contributed by atoms with Crippen molar-refractivity contribution in [2.45, 2.75) is 6.54 Å². The smallest absolute Gasteiger partial charge is 0.127 e. The molecule has 0 aliphatic rings. The van der Waals surface area contributed by atoms with Gasteiger partial charge in [0.1, 0.15) is 11.5 Å². The number of aromatic nitrogens is 2. The van der Waals surface area contributed by atoms with Crippen LogP contribution in [0.4, 0.5) is 5.69 Å². The van der Waals surface area contributed by atoms with Crippen molar-refractivity contribution >= 4 is 5.69 Å². The molecular formula is C12H15N3O2. The van der Waals surface area contributed by atoms with Crippen LogP contribution < -0.4 is 15.2 Å². The predicted molar refractivity (Wildman–Crippen MR) is 65.3 cm³/mol. The van der Waals surface area contributed by atoms with Crippen molar-refractivity contribution < 1.29 is 9.47 Å². The van der Waals surface area contributed by atoms with Crippen LogP contribution in [0, 0.1) is 0 Å². The fraction of sp³-hybridized carbons (Fsp3) is 0.250. The Labute approximate surface area is 99.8 Å². The minimum Gasteiger partial charge on any atom is -0.497 e. The first-order valence-corrected chi connectivity index (χ1v) is 5.21. The highest BCUT2D eigenvalue weighted by Gasteiger charge is 2.06. The lowest BCUT2D eigenvalue weighted by atomic mass is 10.2. The molecule has 5 nitrogen and oxygen atoms in total. The second kappa shape index (κ2) is 4.78. The van der Waals surface area contributed by atoms with Crippen LogP contribution in [-0.4, -0.2) is 24.0 Å². The zero-order chi connectivity index (χ0) is 12.3. The molecule has 1 heterocycles. The molecule has 5 heteroatoms. The molecule has 0 radical (unpaired) electrons. The summed E-state index contributed by atoms with van der Waals surface area (Å²) in [6.07, 6.45) is 3.40. The summed E-state index contributed by atoms with van der Waals surface area (Å²) in [4.78, 5) is 0. The minimum atomic E-state index is 0.615. The Morgan fingerprint density at radius 2 is 2.12 bits per heavy atom. The normalized spacial score (nSPS) is 10.2. The maximum Gasteiger partial charge on any atom is 0.127 e. The van der Waals surface area contributed by atoms with Crippen LogP contribution >= 0.6 is 0 Å². The standard InChI is InChI=1S/C12H15N3O2/c1-16-11-4-3-9(12(5-11)17-2)7-15-8-10(13)6-14-15/h3-6,8H,7,13H2,1-2H3. The number of benzene rings is 1. The topological polar surface area (TPSA) is 62.3 Å². The van der Waals surface area contributed by atoms with Gasteiger partial charge in [-0.15, -0.1) is 0 Å². The van der Waals surface area contributed by atoms with Crippen molar-refractivity contribution in [1.82, 2.24) is 9.78 Å². The van der Waals surface area contributed by atoms with E-state index in [9.17, 15) is 0 Å². The highest BCUT2D eigenvalue weighted by atomic mass is 16.5. The van der Waals surface area contributed by atoms with Crippen LogP contribution in [-0.2, 0) is 6.54 Å². The first-order valence-electron chi connectivity index (χ1n) is 5.21. The predicted octanol–water partition coefficient (Wildman–Crippen LogP) is 1.53. The van der Waals surface area contributed by atoms with E-state index in [4.69, 9.17) is 15.2 Å². The summed E-state index contributed by atoms with van der Waals surface area (Å²) in [5.41, 5.74) is 7.29. The quantitative estimate of drug-likeness (QED) is 0.870. The monoisotopic (exact) mass is 233 g/mol. The van der Waals surface area contributed by atoms with E-state index in [-0.39, 0.29) is 0 Å². The van der Waals surface area contributed by atoms with Gasteiger partial charge in [0.05, 0.1) is 32.6 Å². The van der Waals surface area contributed by atoms with E-state index in [0.717, 1.165) is 17.1 Å². The Bertz CT molecular complexity index is 508. The summed E-state index contributed by atoms with van der Waals surface area (Å²) in [7, 11) is 3.26. The Hall–Kier alpha value is -2.17. The molecule has 2 rings (SSSR count).